The first-order chi connectivity index (χ1) is 11.7. The van der Waals surface area contributed by atoms with Crippen LogP contribution in [0.5, 0.6) is 5.75 Å². The van der Waals surface area contributed by atoms with Crippen molar-refractivity contribution in [1.82, 2.24) is 0 Å². The van der Waals surface area contributed by atoms with Crippen molar-refractivity contribution in [2.45, 2.75) is 25.3 Å². The maximum Gasteiger partial charge on any atom is 0.271 e. The van der Waals surface area contributed by atoms with Crippen molar-refractivity contribution in [3.05, 3.63) is 57.1 Å². The molecule has 0 aromatic heterocycles. The molecule has 0 aliphatic carbocycles. The highest BCUT2D eigenvalue weighted by Gasteiger charge is 2.22. The van der Waals surface area contributed by atoms with Gasteiger partial charge in [-0.15, -0.1) is 0 Å². The molecule has 2 aromatic carbocycles. The van der Waals surface area contributed by atoms with E-state index in [0.29, 0.717) is 22.4 Å². The van der Waals surface area contributed by atoms with E-state index in [2.05, 4.69) is 4.72 Å². The Kier molecular flexibility index (Phi) is 5.29. The molecule has 2 aromatic rings. The molecule has 0 heterocycles. The van der Waals surface area contributed by atoms with Crippen LogP contribution in [0.25, 0.3) is 0 Å². The second-order valence-corrected chi connectivity index (χ2v) is 7.08. The molecule has 0 unspecified atom stereocenters. The van der Waals surface area contributed by atoms with Gasteiger partial charge in [-0.3, -0.25) is 14.8 Å². The molecule has 9 heteroatoms. The van der Waals surface area contributed by atoms with Crippen LogP contribution in [0.3, 0.4) is 0 Å². The molecule has 134 valence electrons. The van der Waals surface area contributed by atoms with E-state index in [1.54, 1.807) is 13.8 Å². The van der Waals surface area contributed by atoms with E-state index in [1.807, 2.05) is 0 Å². The van der Waals surface area contributed by atoms with E-state index in [0.717, 1.165) is 6.07 Å². The largest absolute Gasteiger partial charge is 0.496 e. The van der Waals surface area contributed by atoms with Crippen molar-refractivity contribution in [3.63, 3.8) is 0 Å². The lowest BCUT2D eigenvalue weighted by Gasteiger charge is -2.14. The quantitative estimate of drug-likeness (QED) is 0.599. The summed E-state index contributed by atoms with van der Waals surface area (Å²) in [6.45, 7) is 2.87. The van der Waals surface area contributed by atoms with E-state index in [4.69, 9.17) is 4.74 Å². The highest BCUT2D eigenvalue weighted by atomic mass is 32.2. The average molecular weight is 366 g/mol. The Morgan fingerprint density at radius 3 is 2.48 bits per heavy atom. The zero-order chi connectivity index (χ0) is 18.8. The minimum Gasteiger partial charge on any atom is -0.496 e. The van der Waals surface area contributed by atoms with E-state index in [9.17, 15) is 23.6 Å². The Morgan fingerprint density at radius 1 is 1.24 bits per heavy atom. The first-order valence-corrected chi connectivity index (χ1v) is 8.74. The van der Waals surface area contributed by atoms with Crippen molar-refractivity contribution >= 4 is 21.4 Å². The van der Waals surface area contributed by atoms with Gasteiger partial charge < -0.3 is 9.84 Å². The van der Waals surface area contributed by atoms with Crippen LogP contribution < -0.4 is 9.46 Å². The Morgan fingerprint density at radius 2 is 1.92 bits per heavy atom. The molecule has 0 radical (unpaired) electrons. The minimum atomic E-state index is -4.04. The summed E-state index contributed by atoms with van der Waals surface area (Å²) >= 11 is 0. The summed E-state index contributed by atoms with van der Waals surface area (Å²) in [5.74, 6) is 0.424. The third kappa shape index (κ3) is 3.89. The third-order valence-electron chi connectivity index (χ3n) is 3.81. The molecule has 0 amide bonds. The zero-order valence-corrected chi connectivity index (χ0v) is 14.8. The standard InChI is InChI=1S/C16H18N2O6S/c1-10-6-14(18(20)21)8-16(11(10)2)25(22,23)17-13-4-5-15(24-3)12(7-13)9-19/h4-8,17,19H,9H2,1-3H3. The highest BCUT2D eigenvalue weighted by Crippen LogP contribution is 2.28. The molecule has 8 nitrogen and oxygen atoms in total. The van der Waals surface area contributed by atoms with Crippen LogP contribution in [0.2, 0.25) is 0 Å². The number of methoxy groups -OCH3 is 1. The predicted molar refractivity (Wildman–Crippen MR) is 92.3 cm³/mol. The van der Waals surface area contributed by atoms with Crippen molar-refractivity contribution in [2.24, 2.45) is 0 Å². The van der Waals surface area contributed by atoms with E-state index in [-0.39, 0.29) is 22.9 Å². The van der Waals surface area contributed by atoms with Gasteiger partial charge in [-0.1, -0.05) is 0 Å². The number of benzene rings is 2. The molecule has 2 N–H and O–H groups in total. The van der Waals surface area contributed by atoms with Crippen LogP contribution in [0.4, 0.5) is 11.4 Å². The Balaban J connectivity index is 2.48. The number of non-ortho nitro benzene ring substituents is 1. The van der Waals surface area contributed by atoms with Gasteiger partial charge in [0, 0.05) is 23.4 Å². The van der Waals surface area contributed by atoms with Crippen LogP contribution >= 0.6 is 0 Å². The van der Waals surface area contributed by atoms with Crippen molar-refractivity contribution in [2.75, 3.05) is 11.8 Å². The number of hydrogen-bond acceptors (Lipinski definition) is 6. The molecule has 0 aliphatic heterocycles. The average Bonchev–Trinajstić information content (AvgIpc) is 2.56. The van der Waals surface area contributed by atoms with Gasteiger partial charge in [-0.2, -0.15) is 0 Å². The summed E-state index contributed by atoms with van der Waals surface area (Å²) in [6, 6.07) is 6.80. The van der Waals surface area contributed by atoms with Crippen LogP contribution in [-0.4, -0.2) is 25.6 Å². The molecule has 2 rings (SSSR count). The first-order valence-electron chi connectivity index (χ1n) is 7.26. The van der Waals surface area contributed by atoms with E-state index < -0.39 is 14.9 Å². The molecule has 0 aliphatic rings. The Hall–Kier alpha value is -2.65. The molecule has 0 saturated carbocycles. The number of nitro groups is 1. The number of anilines is 1. The van der Waals surface area contributed by atoms with Gasteiger partial charge >= 0.3 is 0 Å². The number of nitrogens with one attached hydrogen (secondary N) is 1. The number of ether oxygens (including phenoxy) is 1. The SMILES string of the molecule is COc1ccc(NS(=O)(=O)c2cc([N+](=O)[O-])cc(C)c2C)cc1CO. The van der Waals surface area contributed by atoms with Gasteiger partial charge in [0.25, 0.3) is 15.7 Å². The summed E-state index contributed by atoms with van der Waals surface area (Å²) in [7, 11) is -2.61. The summed E-state index contributed by atoms with van der Waals surface area (Å²) in [4.78, 5) is 10.2. The van der Waals surface area contributed by atoms with Crippen LogP contribution in [0.15, 0.2) is 35.2 Å². The first kappa shape index (κ1) is 18.7. The summed E-state index contributed by atoms with van der Waals surface area (Å²) < 4.78 is 32.8. The molecule has 0 saturated heterocycles. The fraction of sp³-hybridized carbons (Fsp3) is 0.250. The normalized spacial score (nSPS) is 11.2. The lowest BCUT2D eigenvalue weighted by molar-refractivity contribution is -0.385. The number of aliphatic hydroxyl groups is 1. The van der Waals surface area contributed by atoms with Gasteiger partial charge in [0.05, 0.1) is 23.5 Å². The van der Waals surface area contributed by atoms with Crippen LogP contribution in [0.1, 0.15) is 16.7 Å². The van der Waals surface area contributed by atoms with Gasteiger partial charge in [0.15, 0.2) is 0 Å². The molecule has 0 bridgehead atoms. The number of hydrogen-bond donors (Lipinski definition) is 2. The summed E-state index contributed by atoms with van der Waals surface area (Å²) in [5.41, 5.74) is 1.26. The van der Waals surface area contributed by atoms with E-state index >= 15 is 0 Å². The third-order valence-corrected chi connectivity index (χ3v) is 5.32. The number of rotatable bonds is 6. The van der Waals surface area contributed by atoms with E-state index in [1.165, 1.54) is 31.4 Å². The number of aryl methyl sites for hydroxylation is 1. The van der Waals surface area contributed by atoms with Gasteiger partial charge in [-0.25, -0.2) is 8.42 Å². The summed E-state index contributed by atoms with van der Waals surface area (Å²) in [5, 5.41) is 20.3. The second kappa shape index (κ2) is 7.08. The molecule has 0 fully saturated rings. The smallest absolute Gasteiger partial charge is 0.271 e. The molecule has 0 spiro atoms. The maximum absolute atomic E-state index is 12.7. The number of sulfonamides is 1. The number of nitrogens with zero attached hydrogens (tertiary/aromatic N) is 1. The summed E-state index contributed by atoms with van der Waals surface area (Å²) in [6.07, 6.45) is 0. The number of aliphatic hydroxyl groups excluding tert-OH is 1. The zero-order valence-electron chi connectivity index (χ0n) is 13.9. The predicted octanol–water partition coefficient (Wildman–Crippen LogP) is 2.51. The maximum atomic E-state index is 12.7. The van der Waals surface area contributed by atoms with Gasteiger partial charge in [0.2, 0.25) is 0 Å². The second-order valence-electron chi connectivity index (χ2n) is 5.43. The van der Waals surface area contributed by atoms with Crippen molar-refractivity contribution < 1.29 is 23.2 Å². The Labute approximate surface area is 145 Å². The Bertz CT molecular complexity index is 924. The fourth-order valence-corrected chi connectivity index (χ4v) is 3.76. The minimum absolute atomic E-state index is 0.166. The highest BCUT2D eigenvalue weighted by molar-refractivity contribution is 7.92. The molecular weight excluding hydrogens is 348 g/mol. The van der Waals surface area contributed by atoms with Gasteiger partial charge in [0.1, 0.15) is 5.75 Å². The lowest BCUT2D eigenvalue weighted by atomic mass is 10.1. The lowest BCUT2D eigenvalue weighted by Crippen LogP contribution is -2.15. The molecular formula is C16H18N2O6S. The fourth-order valence-electron chi connectivity index (χ4n) is 2.37. The van der Waals surface area contributed by atoms with Gasteiger partial charge in [-0.05, 0) is 43.2 Å². The van der Waals surface area contributed by atoms with Crippen LogP contribution in [0, 0.1) is 24.0 Å². The number of nitro benzene ring substituents is 1. The van der Waals surface area contributed by atoms with Crippen molar-refractivity contribution in [3.8, 4) is 5.75 Å². The monoisotopic (exact) mass is 366 g/mol. The molecule has 25 heavy (non-hydrogen) atoms. The topological polar surface area (TPSA) is 119 Å². The molecule has 0 atom stereocenters. The van der Waals surface area contributed by atoms with Crippen LogP contribution in [-0.2, 0) is 16.6 Å². The van der Waals surface area contributed by atoms with Crippen molar-refractivity contribution in [1.29, 1.82) is 0 Å².